The number of methoxy groups -OCH3 is 2. The summed E-state index contributed by atoms with van der Waals surface area (Å²) in [5.41, 5.74) is 2.53. The molecule has 3 atom stereocenters. The van der Waals surface area contributed by atoms with E-state index in [1.165, 1.54) is 0 Å². The molecule has 1 N–H and O–H groups in total. The second-order valence-corrected chi connectivity index (χ2v) is 10.5. The number of esters is 1. The first kappa shape index (κ1) is 28.7. The maximum atomic E-state index is 14.6. The molecule has 8 heteroatoms. The maximum absolute atomic E-state index is 14.6. The van der Waals surface area contributed by atoms with Gasteiger partial charge in [-0.15, -0.1) is 0 Å². The van der Waals surface area contributed by atoms with Gasteiger partial charge in [0.05, 0.1) is 38.1 Å². The van der Waals surface area contributed by atoms with Crippen LogP contribution in [0, 0.1) is 5.41 Å². The number of benzene rings is 4. The standard InChI is InChI=1S/C36H32N2O6/c1-4-43-34(39)29-30(25-17-11-19-27(21-25)41-2)36(33(38-44-35(36)40)24-15-9-6-10-16-24)32(26-18-12-20-28(22-26)42-3)37-31(29)23-13-7-5-8-14-23/h5-22,30,32,37H,4H2,1-3H3/t30-,32-,36-/m1/s1. The van der Waals surface area contributed by atoms with Gasteiger partial charge in [0.1, 0.15) is 17.2 Å². The monoisotopic (exact) mass is 588 g/mol. The number of hydrogen-bond acceptors (Lipinski definition) is 8. The van der Waals surface area contributed by atoms with Crippen molar-refractivity contribution in [3.05, 3.63) is 137 Å². The summed E-state index contributed by atoms with van der Waals surface area (Å²) in [4.78, 5) is 34.4. The number of nitrogens with zero attached hydrogens (tertiary/aromatic N) is 1. The molecule has 0 unspecified atom stereocenters. The zero-order valence-electron chi connectivity index (χ0n) is 24.7. The lowest BCUT2D eigenvalue weighted by atomic mass is 9.57. The third-order valence-electron chi connectivity index (χ3n) is 8.17. The van der Waals surface area contributed by atoms with E-state index in [4.69, 9.17) is 19.0 Å². The summed E-state index contributed by atoms with van der Waals surface area (Å²) in [5, 5.41) is 8.06. The number of carbonyl (C=O) groups is 2. The first-order valence-corrected chi connectivity index (χ1v) is 14.4. The average Bonchev–Trinajstić information content (AvgIpc) is 3.41. The molecule has 0 radical (unpaired) electrons. The Balaban J connectivity index is 1.76. The van der Waals surface area contributed by atoms with Gasteiger partial charge < -0.3 is 24.4 Å². The van der Waals surface area contributed by atoms with Gasteiger partial charge in [-0.25, -0.2) is 9.59 Å². The van der Waals surface area contributed by atoms with Crippen molar-refractivity contribution >= 4 is 23.3 Å². The minimum atomic E-state index is -1.56. The Labute approximate surface area is 255 Å². The molecule has 0 saturated carbocycles. The maximum Gasteiger partial charge on any atom is 0.350 e. The van der Waals surface area contributed by atoms with Gasteiger partial charge in [-0.3, -0.25) is 0 Å². The van der Waals surface area contributed by atoms with Crippen LogP contribution in [0.5, 0.6) is 11.5 Å². The lowest BCUT2D eigenvalue weighted by Crippen LogP contribution is -2.55. The minimum Gasteiger partial charge on any atom is -0.497 e. The van der Waals surface area contributed by atoms with E-state index < -0.39 is 29.3 Å². The zero-order valence-corrected chi connectivity index (χ0v) is 24.7. The molecule has 4 aromatic rings. The quantitative estimate of drug-likeness (QED) is 0.198. The van der Waals surface area contributed by atoms with E-state index in [2.05, 4.69) is 10.5 Å². The van der Waals surface area contributed by atoms with Crippen molar-refractivity contribution < 1.29 is 28.6 Å². The van der Waals surface area contributed by atoms with Crippen LogP contribution in [0.3, 0.4) is 0 Å². The molecule has 0 aliphatic carbocycles. The van der Waals surface area contributed by atoms with E-state index in [-0.39, 0.29) is 12.2 Å². The smallest absolute Gasteiger partial charge is 0.350 e. The normalized spacial score (nSPS) is 20.9. The topological polar surface area (TPSA) is 95.5 Å². The molecule has 0 aromatic heterocycles. The van der Waals surface area contributed by atoms with Crippen LogP contribution in [0.4, 0.5) is 0 Å². The number of ether oxygens (including phenoxy) is 3. The van der Waals surface area contributed by atoms with Gasteiger partial charge >= 0.3 is 11.9 Å². The summed E-state index contributed by atoms with van der Waals surface area (Å²) < 4.78 is 16.9. The summed E-state index contributed by atoms with van der Waals surface area (Å²) in [6, 6.07) is 33.1. The molecule has 44 heavy (non-hydrogen) atoms. The Morgan fingerprint density at radius 3 is 2.02 bits per heavy atom. The summed E-state index contributed by atoms with van der Waals surface area (Å²) in [5.74, 6) is -0.870. The fourth-order valence-electron chi connectivity index (χ4n) is 6.30. The van der Waals surface area contributed by atoms with Crippen LogP contribution in [0.15, 0.2) is 120 Å². The summed E-state index contributed by atoms with van der Waals surface area (Å²) in [7, 11) is 3.17. The van der Waals surface area contributed by atoms with E-state index in [0.29, 0.717) is 34.0 Å². The Morgan fingerprint density at radius 2 is 1.41 bits per heavy atom. The van der Waals surface area contributed by atoms with Gasteiger partial charge in [-0.2, -0.15) is 0 Å². The van der Waals surface area contributed by atoms with E-state index >= 15 is 0 Å². The van der Waals surface area contributed by atoms with Crippen LogP contribution in [0.2, 0.25) is 0 Å². The molecular weight excluding hydrogens is 556 g/mol. The molecule has 0 fully saturated rings. The average molecular weight is 589 g/mol. The Morgan fingerprint density at radius 1 is 0.818 bits per heavy atom. The highest BCUT2D eigenvalue weighted by Gasteiger charge is 2.66. The van der Waals surface area contributed by atoms with Crippen LogP contribution in [-0.4, -0.2) is 38.5 Å². The third kappa shape index (κ3) is 4.78. The SMILES string of the molecule is CCOC(=O)C1=C(c2ccccc2)N[C@H](c2cccc(OC)c2)[C@]2(C(=O)ON=C2c2ccccc2)[C@@H]1c1cccc(OC)c1. The first-order valence-electron chi connectivity index (χ1n) is 14.4. The van der Waals surface area contributed by atoms with Crippen LogP contribution in [0.25, 0.3) is 5.70 Å². The molecule has 2 heterocycles. The van der Waals surface area contributed by atoms with Crippen molar-refractivity contribution in [2.75, 3.05) is 20.8 Å². The molecule has 1 spiro atoms. The minimum absolute atomic E-state index is 0.144. The summed E-state index contributed by atoms with van der Waals surface area (Å²) >= 11 is 0. The highest BCUT2D eigenvalue weighted by atomic mass is 16.7. The van der Waals surface area contributed by atoms with Gasteiger partial charge in [0.2, 0.25) is 0 Å². The Kier molecular flexibility index (Phi) is 7.89. The predicted octanol–water partition coefficient (Wildman–Crippen LogP) is 6.05. The number of carbonyl (C=O) groups excluding carboxylic acids is 2. The molecule has 2 aliphatic heterocycles. The van der Waals surface area contributed by atoms with Gasteiger partial charge in [-0.1, -0.05) is 90.1 Å². The van der Waals surface area contributed by atoms with E-state index in [0.717, 1.165) is 11.1 Å². The molecule has 0 saturated heterocycles. The first-order chi connectivity index (χ1) is 21.5. The number of hydrogen-bond donors (Lipinski definition) is 1. The Bertz CT molecular complexity index is 1750. The molecule has 2 aliphatic rings. The van der Waals surface area contributed by atoms with Gasteiger partial charge in [0, 0.05) is 11.5 Å². The largest absolute Gasteiger partial charge is 0.497 e. The van der Waals surface area contributed by atoms with E-state index in [9.17, 15) is 9.59 Å². The van der Waals surface area contributed by atoms with Crippen LogP contribution in [0.1, 0.15) is 41.1 Å². The van der Waals surface area contributed by atoms with Crippen molar-refractivity contribution in [2.24, 2.45) is 10.6 Å². The fourth-order valence-corrected chi connectivity index (χ4v) is 6.30. The molecule has 0 amide bonds. The number of nitrogens with one attached hydrogen (secondary N) is 1. The van der Waals surface area contributed by atoms with Crippen molar-refractivity contribution in [1.29, 1.82) is 0 Å². The molecule has 0 bridgehead atoms. The van der Waals surface area contributed by atoms with E-state index in [1.54, 1.807) is 21.1 Å². The van der Waals surface area contributed by atoms with Crippen molar-refractivity contribution in [3.63, 3.8) is 0 Å². The zero-order chi connectivity index (χ0) is 30.7. The fraction of sp³-hybridized carbons (Fsp3) is 0.194. The molecular formula is C36H32N2O6. The number of rotatable bonds is 8. The molecule has 222 valence electrons. The van der Waals surface area contributed by atoms with Crippen LogP contribution >= 0.6 is 0 Å². The second-order valence-electron chi connectivity index (χ2n) is 10.5. The van der Waals surface area contributed by atoms with E-state index in [1.807, 2.05) is 109 Å². The van der Waals surface area contributed by atoms with Gasteiger partial charge in [0.25, 0.3) is 0 Å². The summed E-state index contributed by atoms with van der Waals surface area (Å²) in [6.07, 6.45) is 0. The van der Waals surface area contributed by atoms with Crippen LogP contribution in [-0.2, 0) is 19.2 Å². The van der Waals surface area contributed by atoms with Gasteiger partial charge in [0.15, 0.2) is 5.41 Å². The lowest BCUT2D eigenvalue weighted by molar-refractivity contribution is -0.151. The Hall–Kier alpha value is -5.37. The van der Waals surface area contributed by atoms with Crippen molar-refractivity contribution in [2.45, 2.75) is 18.9 Å². The summed E-state index contributed by atoms with van der Waals surface area (Å²) in [6.45, 7) is 1.90. The highest BCUT2D eigenvalue weighted by molar-refractivity contribution is 6.21. The highest BCUT2D eigenvalue weighted by Crippen LogP contribution is 2.59. The number of oxime groups is 1. The van der Waals surface area contributed by atoms with Crippen LogP contribution < -0.4 is 14.8 Å². The van der Waals surface area contributed by atoms with Crippen molar-refractivity contribution in [1.82, 2.24) is 5.32 Å². The van der Waals surface area contributed by atoms with Gasteiger partial charge in [-0.05, 0) is 47.9 Å². The predicted molar refractivity (Wildman–Crippen MR) is 166 cm³/mol. The third-order valence-corrected chi connectivity index (χ3v) is 8.17. The second kappa shape index (κ2) is 12.1. The molecule has 8 nitrogen and oxygen atoms in total. The molecule has 4 aromatic carbocycles. The lowest BCUT2D eigenvalue weighted by Gasteiger charge is -2.47. The molecule has 6 rings (SSSR count). The van der Waals surface area contributed by atoms with Crippen molar-refractivity contribution in [3.8, 4) is 11.5 Å².